The number of amides is 1. The average Bonchev–Trinajstić information content (AvgIpc) is 3.10. The molecule has 1 aromatic heterocycles. The van der Waals surface area contributed by atoms with Gasteiger partial charge in [0.25, 0.3) is 5.91 Å². The van der Waals surface area contributed by atoms with Gasteiger partial charge in [-0.2, -0.15) is 5.10 Å². The van der Waals surface area contributed by atoms with Crippen molar-refractivity contribution in [3.63, 3.8) is 0 Å². The molecule has 0 aliphatic carbocycles. The van der Waals surface area contributed by atoms with E-state index in [-0.39, 0.29) is 24.9 Å². The SMILES string of the molecule is COc1c(COc2cccc(F)c2)nn2c1CN(C(=O)c1ccc(C)c(F)c1)CC2. The van der Waals surface area contributed by atoms with E-state index < -0.39 is 5.82 Å². The van der Waals surface area contributed by atoms with E-state index in [0.717, 1.165) is 5.69 Å². The standard InChI is InChI=1S/C22H21F2N3O3/c1-14-6-7-15(10-18(14)24)22(28)26-8-9-27-20(12-26)21(29-2)19(25-27)13-30-17-5-3-4-16(23)11-17/h3-7,10-11H,8-9,12-13H2,1-2H3. The Morgan fingerprint density at radius 2 is 2.00 bits per heavy atom. The first-order chi connectivity index (χ1) is 14.5. The van der Waals surface area contributed by atoms with Gasteiger partial charge in [-0.3, -0.25) is 9.48 Å². The van der Waals surface area contributed by atoms with Gasteiger partial charge in [0, 0.05) is 18.2 Å². The number of ether oxygens (including phenoxy) is 2. The fraction of sp³-hybridized carbons (Fsp3) is 0.273. The number of hydrogen-bond donors (Lipinski definition) is 0. The number of nitrogens with zero attached hydrogens (tertiary/aromatic N) is 3. The molecule has 0 bridgehead atoms. The lowest BCUT2D eigenvalue weighted by molar-refractivity contribution is 0.0703. The van der Waals surface area contributed by atoms with Crippen LogP contribution in [0.15, 0.2) is 42.5 Å². The van der Waals surface area contributed by atoms with Crippen molar-refractivity contribution < 1.29 is 23.0 Å². The fourth-order valence-electron chi connectivity index (χ4n) is 3.47. The molecule has 2 heterocycles. The highest BCUT2D eigenvalue weighted by Gasteiger charge is 2.28. The molecule has 0 unspecified atom stereocenters. The van der Waals surface area contributed by atoms with E-state index in [0.29, 0.717) is 41.4 Å². The van der Waals surface area contributed by atoms with Gasteiger partial charge in [0.15, 0.2) is 5.75 Å². The number of benzene rings is 2. The number of fused-ring (bicyclic) bond motifs is 1. The van der Waals surface area contributed by atoms with Crippen LogP contribution in [0.4, 0.5) is 8.78 Å². The van der Waals surface area contributed by atoms with Gasteiger partial charge in [0.05, 0.1) is 20.2 Å². The minimum Gasteiger partial charge on any atom is -0.493 e. The van der Waals surface area contributed by atoms with E-state index in [1.807, 2.05) is 0 Å². The van der Waals surface area contributed by atoms with Crippen molar-refractivity contribution in [1.29, 1.82) is 0 Å². The van der Waals surface area contributed by atoms with E-state index in [1.165, 1.54) is 25.3 Å². The van der Waals surface area contributed by atoms with Gasteiger partial charge in [0.1, 0.15) is 35.4 Å². The Hall–Kier alpha value is -3.42. The van der Waals surface area contributed by atoms with Crippen LogP contribution in [0.2, 0.25) is 0 Å². The lowest BCUT2D eigenvalue weighted by Crippen LogP contribution is -2.38. The summed E-state index contributed by atoms with van der Waals surface area (Å²) >= 11 is 0. The summed E-state index contributed by atoms with van der Waals surface area (Å²) in [6.07, 6.45) is 0. The Bertz CT molecular complexity index is 1100. The maximum absolute atomic E-state index is 13.9. The van der Waals surface area contributed by atoms with E-state index >= 15 is 0 Å². The van der Waals surface area contributed by atoms with Gasteiger partial charge < -0.3 is 14.4 Å². The minimum atomic E-state index is -0.405. The summed E-state index contributed by atoms with van der Waals surface area (Å²) in [5.41, 5.74) is 2.10. The van der Waals surface area contributed by atoms with Gasteiger partial charge >= 0.3 is 0 Å². The molecule has 4 rings (SSSR count). The third-order valence-electron chi connectivity index (χ3n) is 5.08. The van der Waals surface area contributed by atoms with Crippen LogP contribution in [-0.4, -0.2) is 34.2 Å². The van der Waals surface area contributed by atoms with E-state index in [1.54, 1.807) is 40.8 Å². The summed E-state index contributed by atoms with van der Waals surface area (Å²) in [5.74, 6) is -0.122. The lowest BCUT2D eigenvalue weighted by Gasteiger charge is -2.28. The predicted molar refractivity (Wildman–Crippen MR) is 105 cm³/mol. The zero-order valence-corrected chi connectivity index (χ0v) is 16.7. The lowest BCUT2D eigenvalue weighted by atomic mass is 10.1. The van der Waals surface area contributed by atoms with Crippen molar-refractivity contribution in [2.75, 3.05) is 13.7 Å². The molecule has 1 aliphatic rings. The number of aromatic nitrogens is 2. The van der Waals surface area contributed by atoms with Crippen LogP contribution in [0, 0.1) is 18.6 Å². The quantitative estimate of drug-likeness (QED) is 0.640. The van der Waals surface area contributed by atoms with Crippen molar-refractivity contribution in [3.05, 3.63) is 76.6 Å². The second kappa shape index (κ2) is 8.14. The molecule has 156 valence electrons. The maximum atomic E-state index is 13.9. The smallest absolute Gasteiger partial charge is 0.254 e. The highest BCUT2D eigenvalue weighted by Crippen LogP contribution is 2.29. The van der Waals surface area contributed by atoms with Crippen LogP contribution < -0.4 is 9.47 Å². The van der Waals surface area contributed by atoms with Crippen molar-refractivity contribution >= 4 is 5.91 Å². The monoisotopic (exact) mass is 413 g/mol. The Morgan fingerprint density at radius 1 is 1.17 bits per heavy atom. The summed E-state index contributed by atoms with van der Waals surface area (Å²) in [4.78, 5) is 14.5. The number of rotatable bonds is 5. The third kappa shape index (κ3) is 3.85. The molecule has 0 spiro atoms. The van der Waals surface area contributed by atoms with Crippen LogP contribution in [0.3, 0.4) is 0 Å². The van der Waals surface area contributed by atoms with Crippen LogP contribution in [-0.2, 0) is 19.7 Å². The molecular weight excluding hydrogens is 392 g/mol. The molecule has 0 atom stereocenters. The number of aryl methyl sites for hydroxylation is 1. The van der Waals surface area contributed by atoms with Gasteiger partial charge in [-0.25, -0.2) is 8.78 Å². The highest BCUT2D eigenvalue weighted by atomic mass is 19.1. The van der Waals surface area contributed by atoms with Gasteiger partial charge in [-0.05, 0) is 36.8 Å². The average molecular weight is 413 g/mol. The first-order valence-electron chi connectivity index (χ1n) is 9.52. The molecule has 1 aliphatic heterocycles. The van der Waals surface area contributed by atoms with Gasteiger partial charge in [-0.15, -0.1) is 0 Å². The van der Waals surface area contributed by atoms with Crippen molar-refractivity contribution in [1.82, 2.24) is 14.7 Å². The topological polar surface area (TPSA) is 56.6 Å². The zero-order chi connectivity index (χ0) is 21.3. The van der Waals surface area contributed by atoms with Crippen LogP contribution >= 0.6 is 0 Å². The van der Waals surface area contributed by atoms with E-state index in [2.05, 4.69) is 5.10 Å². The molecule has 6 nitrogen and oxygen atoms in total. The minimum absolute atomic E-state index is 0.101. The van der Waals surface area contributed by atoms with Crippen LogP contribution in [0.5, 0.6) is 11.5 Å². The molecule has 0 saturated carbocycles. The van der Waals surface area contributed by atoms with Gasteiger partial charge in [-0.1, -0.05) is 12.1 Å². The first kappa shape index (κ1) is 19.9. The summed E-state index contributed by atoms with van der Waals surface area (Å²) in [6, 6.07) is 10.3. The molecule has 3 aromatic rings. The number of methoxy groups -OCH3 is 1. The molecule has 0 fully saturated rings. The van der Waals surface area contributed by atoms with Gasteiger partial charge in [0.2, 0.25) is 0 Å². The molecule has 0 radical (unpaired) electrons. The van der Waals surface area contributed by atoms with Crippen LogP contribution in [0.25, 0.3) is 0 Å². The Balaban J connectivity index is 1.53. The second-order valence-electron chi connectivity index (χ2n) is 7.09. The zero-order valence-electron chi connectivity index (χ0n) is 16.7. The Morgan fingerprint density at radius 3 is 2.73 bits per heavy atom. The van der Waals surface area contributed by atoms with Crippen molar-refractivity contribution in [2.45, 2.75) is 26.6 Å². The second-order valence-corrected chi connectivity index (χ2v) is 7.09. The summed E-state index contributed by atoms with van der Waals surface area (Å²) < 4.78 is 40.2. The normalized spacial score (nSPS) is 13.1. The molecule has 0 N–H and O–H groups in total. The highest BCUT2D eigenvalue weighted by molar-refractivity contribution is 5.94. The third-order valence-corrected chi connectivity index (χ3v) is 5.08. The Labute approximate surface area is 172 Å². The van der Waals surface area contributed by atoms with Crippen molar-refractivity contribution in [3.8, 4) is 11.5 Å². The molecule has 2 aromatic carbocycles. The summed E-state index contributed by atoms with van der Waals surface area (Å²) in [5, 5.41) is 4.53. The maximum Gasteiger partial charge on any atom is 0.254 e. The first-order valence-corrected chi connectivity index (χ1v) is 9.52. The molecule has 0 saturated heterocycles. The van der Waals surface area contributed by atoms with Crippen LogP contribution in [0.1, 0.15) is 27.3 Å². The molecule has 8 heteroatoms. The summed E-state index contributed by atoms with van der Waals surface area (Å²) in [6.45, 7) is 2.96. The predicted octanol–water partition coefficient (Wildman–Crippen LogP) is 3.71. The number of hydrogen-bond acceptors (Lipinski definition) is 4. The molecular formula is C22H21F2N3O3. The fourth-order valence-corrected chi connectivity index (χ4v) is 3.47. The number of carbonyl (C=O) groups is 1. The Kier molecular flexibility index (Phi) is 5.39. The largest absolute Gasteiger partial charge is 0.493 e. The number of carbonyl (C=O) groups excluding carboxylic acids is 1. The number of halogens is 2. The van der Waals surface area contributed by atoms with E-state index in [4.69, 9.17) is 9.47 Å². The summed E-state index contributed by atoms with van der Waals surface area (Å²) in [7, 11) is 1.53. The molecule has 1 amide bonds. The van der Waals surface area contributed by atoms with Crippen molar-refractivity contribution in [2.24, 2.45) is 0 Å². The molecule has 30 heavy (non-hydrogen) atoms. The van der Waals surface area contributed by atoms with E-state index in [9.17, 15) is 13.6 Å².